The number of hydrogen-bond donors (Lipinski definition) is 1. The van der Waals surface area contributed by atoms with Gasteiger partial charge in [-0.25, -0.2) is 4.98 Å². The summed E-state index contributed by atoms with van der Waals surface area (Å²) in [4.78, 5) is 13.4. The zero-order valence-electron chi connectivity index (χ0n) is 15.2. The van der Waals surface area contributed by atoms with Gasteiger partial charge in [0.1, 0.15) is 6.04 Å². The zero-order valence-corrected chi connectivity index (χ0v) is 16.0. The number of nitrogens with one attached hydrogen (secondary N) is 1. The Morgan fingerprint density at radius 2 is 1.92 bits per heavy atom. The number of aliphatic imine (C=N–C) groups is 1. The van der Waals surface area contributed by atoms with Gasteiger partial charge in [0.15, 0.2) is 5.96 Å². The third-order valence-electron chi connectivity index (χ3n) is 4.48. The first-order chi connectivity index (χ1) is 11.7. The summed E-state index contributed by atoms with van der Waals surface area (Å²) in [6.07, 6.45) is -3.31. The van der Waals surface area contributed by atoms with Gasteiger partial charge in [0, 0.05) is 51.1 Å². The molecule has 1 unspecified atom stereocenters. The molecule has 0 spiro atoms. The highest BCUT2D eigenvalue weighted by Gasteiger charge is 2.41. The van der Waals surface area contributed by atoms with Crippen LogP contribution in [0.25, 0.3) is 0 Å². The number of rotatable bonds is 4. The number of hydrogen-bond acceptors (Lipinski definition) is 4. The zero-order chi connectivity index (χ0) is 18.6. The summed E-state index contributed by atoms with van der Waals surface area (Å²) >= 11 is 1.70. The lowest BCUT2D eigenvalue weighted by Gasteiger charge is -2.39. The molecule has 0 saturated carbocycles. The molecule has 1 N–H and O–H groups in total. The molecule has 142 valence electrons. The maximum absolute atomic E-state index is 12.8. The molecule has 1 aliphatic heterocycles. The largest absolute Gasteiger partial charge is 0.403 e. The Labute approximate surface area is 150 Å². The molecule has 1 atom stereocenters. The fourth-order valence-corrected chi connectivity index (χ4v) is 3.89. The Morgan fingerprint density at radius 1 is 1.28 bits per heavy atom. The second-order valence-corrected chi connectivity index (χ2v) is 7.49. The van der Waals surface area contributed by atoms with Gasteiger partial charge in [-0.3, -0.25) is 9.89 Å². The summed E-state index contributed by atoms with van der Waals surface area (Å²) in [5, 5.41) is 4.37. The second-order valence-electron chi connectivity index (χ2n) is 6.21. The molecule has 0 amide bonds. The molecule has 5 nitrogen and oxygen atoms in total. The SMILES string of the molecule is CN=C(NCCc1sc(C)nc1C)N1CCN(C(C)C(F)(F)F)CC1. The lowest BCUT2D eigenvalue weighted by atomic mass is 10.2. The average Bonchev–Trinajstić information content (AvgIpc) is 2.88. The maximum Gasteiger partial charge on any atom is 0.403 e. The van der Waals surface area contributed by atoms with E-state index in [2.05, 4.69) is 15.3 Å². The molecule has 1 aromatic rings. The van der Waals surface area contributed by atoms with Crippen LogP contribution in [0.1, 0.15) is 22.5 Å². The Hall–Kier alpha value is -1.35. The molecule has 1 saturated heterocycles. The van der Waals surface area contributed by atoms with Crippen molar-refractivity contribution in [3.63, 3.8) is 0 Å². The van der Waals surface area contributed by atoms with Crippen LogP contribution in [0, 0.1) is 13.8 Å². The summed E-state index contributed by atoms with van der Waals surface area (Å²) < 4.78 is 38.5. The monoisotopic (exact) mass is 377 g/mol. The molecule has 9 heteroatoms. The normalized spacial score (nSPS) is 18.5. The molecule has 2 rings (SSSR count). The van der Waals surface area contributed by atoms with Gasteiger partial charge in [0.2, 0.25) is 0 Å². The van der Waals surface area contributed by atoms with Crippen LogP contribution in [0.3, 0.4) is 0 Å². The van der Waals surface area contributed by atoms with Gasteiger partial charge >= 0.3 is 6.18 Å². The predicted molar refractivity (Wildman–Crippen MR) is 95.3 cm³/mol. The molecule has 1 aliphatic rings. The second kappa shape index (κ2) is 8.35. The molecule has 2 heterocycles. The van der Waals surface area contributed by atoms with Crippen LogP contribution in [0.5, 0.6) is 0 Å². The van der Waals surface area contributed by atoms with Crippen molar-refractivity contribution in [2.24, 2.45) is 4.99 Å². The molecule has 1 fully saturated rings. The van der Waals surface area contributed by atoms with E-state index < -0.39 is 12.2 Å². The fourth-order valence-electron chi connectivity index (χ4n) is 2.95. The van der Waals surface area contributed by atoms with E-state index in [0.717, 1.165) is 29.6 Å². The minimum Gasteiger partial charge on any atom is -0.356 e. The number of aryl methyl sites for hydroxylation is 2. The molecule has 0 aliphatic carbocycles. The molecular weight excluding hydrogens is 351 g/mol. The van der Waals surface area contributed by atoms with Gasteiger partial charge in [0.05, 0.1) is 10.7 Å². The van der Waals surface area contributed by atoms with Gasteiger partial charge in [0.25, 0.3) is 0 Å². The highest BCUT2D eigenvalue weighted by atomic mass is 32.1. The standard InChI is InChI=1S/C16H26F3N5S/c1-11-14(25-13(3)22-11)5-6-21-15(20-4)24-9-7-23(8-10-24)12(2)16(17,18)19/h12H,5-10H2,1-4H3,(H,20,21). The van der Waals surface area contributed by atoms with E-state index in [1.54, 1.807) is 18.4 Å². The molecule has 0 aromatic carbocycles. The van der Waals surface area contributed by atoms with E-state index in [0.29, 0.717) is 26.2 Å². The van der Waals surface area contributed by atoms with Crippen LogP contribution < -0.4 is 5.32 Å². The van der Waals surface area contributed by atoms with Crippen molar-refractivity contribution in [1.29, 1.82) is 0 Å². The first-order valence-electron chi connectivity index (χ1n) is 8.41. The van der Waals surface area contributed by atoms with E-state index in [4.69, 9.17) is 0 Å². The van der Waals surface area contributed by atoms with Crippen LogP contribution in [-0.4, -0.2) is 72.7 Å². The maximum atomic E-state index is 12.8. The predicted octanol–water partition coefficient (Wildman–Crippen LogP) is 2.45. The minimum absolute atomic E-state index is 0.383. The van der Waals surface area contributed by atoms with Crippen molar-refractivity contribution < 1.29 is 13.2 Å². The number of piperazine rings is 1. The van der Waals surface area contributed by atoms with Gasteiger partial charge < -0.3 is 10.2 Å². The molecular formula is C16H26F3N5S. The number of aromatic nitrogens is 1. The summed E-state index contributed by atoms with van der Waals surface area (Å²) in [6, 6.07) is -1.40. The Bertz CT molecular complexity index is 591. The Balaban J connectivity index is 1.81. The van der Waals surface area contributed by atoms with Crippen molar-refractivity contribution >= 4 is 17.3 Å². The molecule has 0 radical (unpaired) electrons. The molecule has 1 aromatic heterocycles. The van der Waals surface area contributed by atoms with Crippen LogP contribution in [0.15, 0.2) is 4.99 Å². The van der Waals surface area contributed by atoms with Crippen LogP contribution in [0.4, 0.5) is 13.2 Å². The van der Waals surface area contributed by atoms with Gasteiger partial charge in [-0.05, 0) is 20.8 Å². The smallest absolute Gasteiger partial charge is 0.356 e. The average molecular weight is 377 g/mol. The lowest BCUT2D eigenvalue weighted by Crippen LogP contribution is -2.56. The third kappa shape index (κ3) is 5.31. The summed E-state index contributed by atoms with van der Waals surface area (Å²) in [7, 11) is 1.70. The number of halogens is 3. The molecule has 25 heavy (non-hydrogen) atoms. The van der Waals surface area contributed by atoms with Crippen molar-refractivity contribution in [2.45, 2.75) is 39.4 Å². The number of guanidine groups is 1. The van der Waals surface area contributed by atoms with E-state index in [1.165, 1.54) is 16.7 Å². The van der Waals surface area contributed by atoms with Crippen molar-refractivity contribution in [2.75, 3.05) is 39.8 Å². The van der Waals surface area contributed by atoms with Gasteiger partial charge in [-0.1, -0.05) is 0 Å². The van der Waals surface area contributed by atoms with E-state index in [-0.39, 0.29) is 0 Å². The topological polar surface area (TPSA) is 43.8 Å². The van der Waals surface area contributed by atoms with E-state index in [1.807, 2.05) is 18.7 Å². The van der Waals surface area contributed by atoms with E-state index >= 15 is 0 Å². The van der Waals surface area contributed by atoms with Gasteiger partial charge in [-0.2, -0.15) is 13.2 Å². The summed E-state index contributed by atoms with van der Waals surface area (Å²) in [5.41, 5.74) is 1.06. The minimum atomic E-state index is -4.17. The third-order valence-corrected chi connectivity index (χ3v) is 5.61. The summed E-state index contributed by atoms with van der Waals surface area (Å²) in [5.74, 6) is 0.748. The quantitative estimate of drug-likeness (QED) is 0.647. The van der Waals surface area contributed by atoms with Crippen LogP contribution >= 0.6 is 11.3 Å². The van der Waals surface area contributed by atoms with Crippen molar-refractivity contribution in [1.82, 2.24) is 20.1 Å². The van der Waals surface area contributed by atoms with Crippen molar-refractivity contribution in [3.05, 3.63) is 15.6 Å². The Morgan fingerprint density at radius 3 is 2.40 bits per heavy atom. The highest BCUT2D eigenvalue weighted by Crippen LogP contribution is 2.25. The fraction of sp³-hybridized carbons (Fsp3) is 0.750. The van der Waals surface area contributed by atoms with Crippen molar-refractivity contribution in [3.8, 4) is 0 Å². The first-order valence-corrected chi connectivity index (χ1v) is 9.23. The molecule has 0 bridgehead atoms. The number of nitrogens with zero attached hydrogens (tertiary/aromatic N) is 4. The van der Waals surface area contributed by atoms with E-state index in [9.17, 15) is 13.2 Å². The highest BCUT2D eigenvalue weighted by molar-refractivity contribution is 7.11. The Kier molecular flexibility index (Phi) is 6.67. The number of alkyl halides is 3. The first kappa shape index (κ1) is 20.0. The summed E-state index contributed by atoms with van der Waals surface area (Å²) in [6.45, 7) is 7.81. The van der Waals surface area contributed by atoms with Crippen LogP contribution in [0.2, 0.25) is 0 Å². The van der Waals surface area contributed by atoms with Gasteiger partial charge in [-0.15, -0.1) is 11.3 Å². The number of thiazole rings is 1. The van der Waals surface area contributed by atoms with Crippen LogP contribution in [-0.2, 0) is 6.42 Å². The lowest BCUT2D eigenvalue weighted by molar-refractivity contribution is -0.181.